The normalized spacial score (nSPS) is 21.3. The third-order valence-electron chi connectivity index (χ3n) is 4.66. The molecule has 1 aromatic carbocycles. The van der Waals surface area contributed by atoms with Gasteiger partial charge in [-0.05, 0) is 30.5 Å². The van der Waals surface area contributed by atoms with E-state index in [4.69, 9.17) is 5.73 Å². The summed E-state index contributed by atoms with van der Waals surface area (Å²) in [6.07, 6.45) is 0.425. The highest BCUT2D eigenvalue weighted by molar-refractivity contribution is 5.59. The molecule has 110 valence electrons. The maximum absolute atomic E-state index is 13.2. The zero-order chi connectivity index (χ0) is 14.4. The van der Waals surface area contributed by atoms with Gasteiger partial charge in [0.1, 0.15) is 0 Å². The van der Waals surface area contributed by atoms with E-state index in [1.165, 1.54) is 18.9 Å². The molecule has 2 aliphatic rings. The molecule has 0 atom stereocenters. The molecule has 2 fully saturated rings. The van der Waals surface area contributed by atoms with E-state index in [2.05, 4.69) is 0 Å². The highest BCUT2D eigenvalue weighted by Gasteiger charge is 2.46. The van der Waals surface area contributed by atoms with Gasteiger partial charge in [-0.3, -0.25) is 0 Å². The van der Waals surface area contributed by atoms with Gasteiger partial charge in [-0.1, -0.05) is 18.9 Å². The molecular formula is C15H19F3N2. The molecule has 0 unspecified atom stereocenters. The molecule has 20 heavy (non-hydrogen) atoms. The molecular weight excluding hydrogens is 265 g/mol. The van der Waals surface area contributed by atoms with E-state index in [9.17, 15) is 13.2 Å². The second kappa shape index (κ2) is 4.65. The number of halogens is 3. The summed E-state index contributed by atoms with van der Waals surface area (Å²) in [4.78, 5) is 1.87. The molecule has 2 nitrogen and oxygen atoms in total. The first kappa shape index (κ1) is 13.7. The average molecular weight is 284 g/mol. The smallest absolute Gasteiger partial charge is 0.370 e. The third-order valence-corrected chi connectivity index (χ3v) is 4.66. The number of hydrogen-bond acceptors (Lipinski definition) is 2. The van der Waals surface area contributed by atoms with Gasteiger partial charge < -0.3 is 10.6 Å². The van der Waals surface area contributed by atoms with Crippen molar-refractivity contribution in [3.63, 3.8) is 0 Å². The minimum Gasteiger partial charge on any atom is -0.370 e. The van der Waals surface area contributed by atoms with Crippen molar-refractivity contribution in [2.45, 2.75) is 38.4 Å². The van der Waals surface area contributed by atoms with Gasteiger partial charge in [0.25, 0.3) is 0 Å². The Labute approximate surface area is 116 Å². The van der Waals surface area contributed by atoms with Crippen LogP contribution in [0, 0.1) is 5.41 Å². The largest absolute Gasteiger partial charge is 0.418 e. The molecule has 3 rings (SSSR count). The molecule has 1 aliphatic heterocycles. The number of anilines is 1. The number of nitrogens with zero attached hydrogens (tertiary/aromatic N) is 1. The molecule has 1 saturated carbocycles. The first-order valence-corrected chi connectivity index (χ1v) is 7.09. The van der Waals surface area contributed by atoms with Crippen molar-refractivity contribution in [1.82, 2.24) is 0 Å². The highest BCUT2D eigenvalue weighted by Crippen LogP contribution is 2.49. The Hall–Kier alpha value is -1.23. The van der Waals surface area contributed by atoms with E-state index in [0.29, 0.717) is 11.3 Å². The van der Waals surface area contributed by atoms with Gasteiger partial charge in [-0.15, -0.1) is 0 Å². The van der Waals surface area contributed by atoms with Crippen LogP contribution >= 0.6 is 0 Å². The van der Waals surface area contributed by atoms with Gasteiger partial charge in [0.15, 0.2) is 0 Å². The molecule has 1 aromatic rings. The van der Waals surface area contributed by atoms with Gasteiger partial charge in [0.2, 0.25) is 0 Å². The van der Waals surface area contributed by atoms with Crippen molar-refractivity contribution in [3.05, 3.63) is 29.3 Å². The maximum atomic E-state index is 13.2. The average Bonchev–Trinajstić information content (AvgIpc) is 2.84. The van der Waals surface area contributed by atoms with Crippen LogP contribution in [0.5, 0.6) is 0 Å². The summed E-state index contributed by atoms with van der Waals surface area (Å²) in [6.45, 7) is 1.66. The molecule has 2 N–H and O–H groups in total. The van der Waals surface area contributed by atoms with Crippen LogP contribution in [0.15, 0.2) is 18.2 Å². The number of alkyl halides is 3. The van der Waals surface area contributed by atoms with Gasteiger partial charge in [0.05, 0.1) is 5.56 Å². The monoisotopic (exact) mass is 284 g/mol. The lowest BCUT2D eigenvalue weighted by molar-refractivity contribution is -0.137. The quantitative estimate of drug-likeness (QED) is 0.900. The fourth-order valence-corrected chi connectivity index (χ4v) is 3.59. The first-order chi connectivity index (χ1) is 9.43. The Morgan fingerprint density at radius 1 is 1.15 bits per heavy atom. The molecule has 0 radical (unpaired) electrons. The molecule has 1 aliphatic carbocycles. The number of hydrogen-bond donors (Lipinski definition) is 1. The predicted molar refractivity (Wildman–Crippen MR) is 72.4 cm³/mol. The zero-order valence-electron chi connectivity index (χ0n) is 11.3. The summed E-state index contributed by atoms with van der Waals surface area (Å²) in [5, 5.41) is 0. The summed E-state index contributed by atoms with van der Waals surface area (Å²) in [5.41, 5.74) is 6.02. The Morgan fingerprint density at radius 2 is 1.80 bits per heavy atom. The predicted octanol–water partition coefficient (Wildman–Crippen LogP) is 3.54. The lowest BCUT2D eigenvalue weighted by Gasteiger charge is -2.50. The molecule has 1 spiro atoms. The number of rotatable bonds is 2. The minimum absolute atomic E-state index is 0.132. The Kier molecular flexibility index (Phi) is 3.20. The van der Waals surface area contributed by atoms with Crippen molar-refractivity contribution in [3.8, 4) is 0 Å². The molecule has 5 heteroatoms. The maximum Gasteiger partial charge on any atom is 0.418 e. The van der Waals surface area contributed by atoms with Crippen LogP contribution in [-0.4, -0.2) is 13.1 Å². The van der Waals surface area contributed by atoms with Crippen molar-refractivity contribution in [2.24, 2.45) is 11.1 Å². The summed E-state index contributed by atoms with van der Waals surface area (Å²) in [7, 11) is 0. The van der Waals surface area contributed by atoms with E-state index in [-0.39, 0.29) is 12.0 Å². The third kappa shape index (κ3) is 2.28. The van der Waals surface area contributed by atoms with Gasteiger partial charge >= 0.3 is 6.18 Å². The fourth-order valence-electron chi connectivity index (χ4n) is 3.59. The topological polar surface area (TPSA) is 29.3 Å². The van der Waals surface area contributed by atoms with Gasteiger partial charge in [-0.2, -0.15) is 13.2 Å². The van der Waals surface area contributed by atoms with Crippen molar-refractivity contribution in [2.75, 3.05) is 18.0 Å². The number of nitrogens with two attached hydrogens (primary N) is 1. The molecule has 0 bridgehead atoms. The van der Waals surface area contributed by atoms with Gasteiger partial charge in [0, 0.05) is 30.7 Å². The minimum atomic E-state index is -4.32. The molecule has 1 saturated heterocycles. The van der Waals surface area contributed by atoms with Crippen LogP contribution in [0.3, 0.4) is 0 Å². The summed E-state index contributed by atoms with van der Waals surface area (Å²) in [6, 6.07) is 4.46. The Bertz CT molecular complexity index is 496. The van der Waals surface area contributed by atoms with Crippen molar-refractivity contribution in [1.29, 1.82) is 0 Å². The molecule has 1 heterocycles. The summed E-state index contributed by atoms with van der Waals surface area (Å²) in [5.74, 6) is 0. The van der Waals surface area contributed by atoms with Crippen LogP contribution < -0.4 is 10.6 Å². The van der Waals surface area contributed by atoms with E-state index in [1.54, 1.807) is 12.1 Å². The van der Waals surface area contributed by atoms with Crippen LogP contribution in [0.25, 0.3) is 0 Å². The van der Waals surface area contributed by atoms with E-state index in [0.717, 1.165) is 25.9 Å². The van der Waals surface area contributed by atoms with E-state index >= 15 is 0 Å². The Balaban J connectivity index is 1.86. The van der Waals surface area contributed by atoms with Crippen molar-refractivity contribution >= 4 is 5.69 Å². The molecule has 0 amide bonds. The lowest BCUT2D eigenvalue weighted by atomic mass is 9.77. The standard InChI is InChI=1S/C15H19F3N2/c16-15(17,18)12-7-11(8-19)3-4-13(12)20-9-14(10-20)5-1-2-6-14/h3-4,7H,1-2,5-6,8-10,19H2. The van der Waals surface area contributed by atoms with E-state index in [1.807, 2.05) is 4.90 Å². The van der Waals surface area contributed by atoms with Crippen LogP contribution in [0.4, 0.5) is 18.9 Å². The Morgan fingerprint density at radius 3 is 2.35 bits per heavy atom. The second-order valence-corrected chi connectivity index (χ2v) is 6.12. The van der Waals surface area contributed by atoms with Crippen LogP contribution in [0.2, 0.25) is 0 Å². The van der Waals surface area contributed by atoms with Crippen molar-refractivity contribution < 1.29 is 13.2 Å². The molecule has 0 aromatic heterocycles. The van der Waals surface area contributed by atoms with Gasteiger partial charge in [-0.25, -0.2) is 0 Å². The fraction of sp³-hybridized carbons (Fsp3) is 0.600. The summed E-state index contributed by atoms with van der Waals surface area (Å²) < 4.78 is 39.6. The second-order valence-electron chi connectivity index (χ2n) is 6.12. The zero-order valence-corrected chi connectivity index (χ0v) is 11.3. The first-order valence-electron chi connectivity index (χ1n) is 7.09. The number of benzene rings is 1. The highest BCUT2D eigenvalue weighted by atomic mass is 19.4. The SMILES string of the molecule is NCc1ccc(N2CC3(CCCC3)C2)c(C(F)(F)F)c1. The lowest BCUT2D eigenvalue weighted by Crippen LogP contribution is -2.55. The summed E-state index contributed by atoms with van der Waals surface area (Å²) >= 11 is 0. The van der Waals surface area contributed by atoms with Crippen LogP contribution in [-0.2, 0) is 12.7 Å². The van der Waals surface area contributed by atoms with E-state index < -0.39 is 11.7 Å². The van der Waals surface area contributed by atoms with Crippen LogP contribution in [0.1, 0.15) is 36.8 Å².